The highest BCUT2D eigenvalue weighted by Gasteiger charge is 2.24. The lowest BCUT2D eigenvalue weighted by Crippen LogP contribution is -2.26. The Balaban J connectivity index is 2.04. The van der Waals surface area contributed by atoms with E-state index in [4.69, 9.17) is 10.5 Å². The Kier molecular flexibility index (Phi) is 3.89. The van der Waals surface area contributed by atoms with E-state index in [0.717, 1.165) is 12.8 Å². The molecule has 0 heterocycles. The molecule has 0 aliphatic heterocycles. The zero-order valence-corrected chi connectivity index (χ0v) is 10.7. The van der Waals surface area contributed by atoms with E-state index in [0.29, 0.717) is 23.0 Å². The number of rotatable bonds is 5. The summed E-state index contributed by atoms with van der Waals surface area (Å²) in [5.41, 5.74) is 6.62. The van der Waals surface area contributed by atoms with E-state index >= 15 is 0 Å². The minimum Gasteiger partial charge on any atom is -0.482 e. The fraction of sp³-hybridized carbons (Fsp3) is 0.385. The van der Waals surface area contributed by atoms with Crippen LogP contribution in [0.15, 0.2) is 18.2 Å². The van der Waals surface area contributed by atoms with Crippen molar-refractivity contribution in [1.82, 2.24) is 10.6 Å². The minimum atomic E-state index is -0.257. The first-order valence-electron chi connectivity index (χ1n) is 6.14. The van der Waals surface area contributed by atoms with Crippen LogP contribution in [0.4, 0.5) is 5.69 Å². The molecule has 0 bridgehead atoms. The Morgan fingerprint density at radius 1 is 1.42 bits per heavy atom. The molecule has 0 radical (unpaired) electrons. The molecule has 102 valence electrons. The van der Waals surface area contributed by atoms with Crippen molar-refractivity contribution >= 4 is 17.5 Å². The third-order valence-electron chi connectivity index (χ3n) is 2.83. The van der Waals surface area contributed by atoms with Gasteiger partial charge in [0.15, 0.2) is 6.61 Å². The number of likely N-dealkylation sites (N-methyl/N-ethyl adjacent to an activating group) is 1. The molecule has 1 aliphatic carbocycles. The summed E-state index contributed by atoms with van der Waals surface area (Å²) in [6.07, 6.45) is 2.06. The van der Waals surface area contributed by atoms with Crippen molar-refractivity contribution in [2.45, 2.75) is 18.9 Å². The predicted octanol–water partition coefficient (Wildman–Crippen LogP) is 0.286. The zero-order valence-electron chi connectivity index (χ0n) is 10.7. The fourth-order valence-electron chi connectivity index (χ4n) is 1.51. The maximum absolute atomic E-state index is 11.9. The Hall–Kier alpha value is -2.24. The number of carbonyl (C=O) groups excluding carboxylic acids is 2. The van der Waals surface area contributed by atoms with Crippen LogP contribution in [0.3, 0.4) is 0 Å². The van der Waals surface area contributed by atoms with Crippen LogP contribution in [0.1, 0.15) is 23.2 Å². The van der Waals surface area contributed by atoms with E-state index in [2.05, 4.69) is 10.6 Å². The van der Waals surface area contributed by atoms with Crippen LogP contribution >= 0.6 is 0 Å². The molecule has 19 heavy (non-hydrogen) atoms. The lowest BCUT2D eigenvalue weighted by molar-refractivity contribution is -0.122. The van der Waals surface area contributed by atoms with Gasteiger partial charge in [-0.25, -0.2) is 0 Å². The summed E-state index contributed by atoms with van der Waals surface area (Å²) in [7, 11) is 1.52. The largest absolute Gasteiger partial charge is 0.482 e. The van der Waals surface area contributed by atoms with Gasteiger partial charge in [-0.15, -0.1) is 0 Å². The average molecular weight is 263 g/mol. The van der Waals surface area contributed by atoms with Crippen molar-refractivity contribution in [2.75, 3.05) is 19.4 Å². The number of nitrogen functional groups attached to an aromatic ring is 1. The number of carbonyl (C=O) groups is 2. The molecular weight excluding hydrogens is 246 g/mol. The minimum absolute atomic E-state index is 0.131. The van der Waals surface area contributed by atoms with Crippen LogP contribution in [0.25, 0.3) is 0 Å². The van der Waals surface area contributed by atoms with Crippen LogP contribution in [0, 0.1) is 0 Å². The quantitative estimate of drug-likeness (QED) is 0.665. The summed E-state index contributed by atoms with van der Waals surface area (Å²) < 4.78 is 5.28. The Morgan fingerprint density at radius 3 is 2.79 bits per heavy atom. The highest BCUT2D eigenvalue weighted by atomic mass is 16.5. The second kappa shape index (κ2) is 5.60. The van der Waals surface area contributed by atoms with E-state index in [1.54, 1.807) is 18.2 Å². The Bertz CT molecular complexity index is 498. The third kappa shape index (κ3) is 3.61. The van der Waals surface area contributed by atoms with E-state index in [9.17, 15) is 9.59 Å². The maximum Gasteiger partial charge on any atom is 0.257 e. The Morgan fingerprint density at radius 2 is 2.16 bits per heavy atom. The second-order valence-corrected chi connectivity index (χ2v) is 4.46. The standard InChI is InChI=1S/C13H17N3O3/c1-15-12(17)7-19-11-6-8(2-5-10(11)14)13(18)16-9-3-4-9/h2,5-6,9H,3-4,7,14H2,1H3,(H,15,17)(H,16,18). The summed E-state index contributed by atoms with van der Waals surface area (Å²) in [6, 6.07) is 5.08. The molecule has 2 rings (SSSR count). The van der Waals surface area contributed by atoms with Gasteiger partial charge >= 0.3 is 0 Å². The summed E-state index contributed by atoms with van der Waals surface area (Å²) in [6.45, 7) is -0.131. The number of ether oxygens (including phenoxy) is 1. The van der Waals surface area contributed by atoms with Gasteiger partial charge in [-0.05, 0) is 31.0 Å². The van der Waals surface area contributed by atoms with E-state index in [1.807, 2.05) is 0 Å². The van der Waals surface area contributed by atoms with Crippen molar-refractivity contribution in [2.24, 2.45) is 0 Å². The van der Waals surface area contributed by atoms with Crippen LogP contribution in [-0.2, 0) is 4.79 Å². The zero-order chi connectivity index (χ0) is 13.8. The van der Waals surface area contributed by atoms with Gasteiger partial charge in [0, 0.05) is 18.7 Å². The second-order valence-electron chi connectivity index (χ2n) is 4.46. The normalized spacial score (nSPS) is 13.7. The molecule has 1 aromatic rings. The lowest BCUT2D eigenvalue weighted by atomic mass is 10.2. The smallest absolute Gasteiger partial charge is 0.257 e. The molecule has 0 aromatic heterocycles. The topological polar surface area (TPSA) is 93.4 Å². The van der Waals surface area contributed by atoms with Crippen molar-refractivity contribution in [3.63, 3.8) is 0 Å². The van der Waals surface area contributed by atoms with Gasteiger partial charge in [-0.1, -0.05) is 0 Å². The molecule has 1 aromatic carbocycles. The highest BCUT2D eigenvalue weighted by molar-refractivity contribution is 5.95. The van der Waals surface area contributed by atoms with Gasteiger partial charge in [0.2, 0.25) is 0 Å². The highest BCUT2D eigenvalue weighted by Crippen LogP contribution is 2.24. The molecular formula is C13H17N3O3. The van der Waals surface area contributed by atoms with Crippen molar-refractivity contribution in [3.8, 4) is 5.75 Å². The molecule has 0 atom stereocenters. The van der Waals surface area contributed by atoms with Gasteiger partial charge in [-0.3, -0.25) is 9.59 Å². The summed E-state index contributed by atoms with van der Waals surface area (Å²) >= 11 is 0. The van der Waals surface area contributed by atoms with Gasteiger partial charge in [0.05, 0.1) is 5.69 Å². The number of amides is 2. The van der Waals surface area contributed by atoms with Crippen LogP contribution in [-0.4, -0.2) is 31.5 Å². The summed E-state index contributed by atoms with van der Waals surface area (Å²) in [5, 5.41) is 5.32. The molecule has 6 heteroatoms. The van der Waals surface area contributed by atoms with Crippen molar-refractivity contribution < 1.29 is 14.3 Å². The monoisotopic (exact) mass is 263 g/mol. The molecule has 6 nitrogen and oxygen atoms in total. The van der Waals surface area contributed by atoms with E-state index in [1.165, 1.54) is 7.05 Å². The van der Waals surface area contributed by atoms with E-state index in [-0.39, 0.29) is 18.4 Å². The number of hydrogen-bond acceptors (Lipinski definition) is 4. The first-order chi connectivity index (χ1) is 9.10. The lowest BCUT2D eigenvalue weighted by Gasteiger charge is -2.10. The van der Waals surface area contributed by atoms with Crippen molar-refractivity contribution in [1.29, 1.82) is 0 Å². The average Bonchev–Trinajstić information content (AvgIpc) is 3.21. The first kappa shape index (κ1) is 13.2. The SMILES string of the molecule is CNC(=O)COc1cc(C(=O)NC2CC2)ccc1N. The molecule has 1 aliphatic rings. The van der Waals surface area contributed by atoms with Crippen molar-refractivity contribution in [3.05, 3.63) is 23.8 Å². The molecule has 0 unspecified atom stereocenters. The number of hydrogen-bond donors (Lipinski definition) is 3. The molecule has 4 N–H and O–H groups in total. The number of nitrogens with one attached hydrogen (secondary N) is 2. The van der Waals surface area contributed by atoms with Gasteiger partial charge < -0.3 is 21.1 Å². The van der Waals surface area contributed by atoms with Crippen LogP contribution < -0.4 is 21.1 Å². The Labute approximate surface area is 111 Å². The molecule has 2 amide bonds. The molecule has 1 saturated carbocycles. The fourth-order valence-corrected chi connectivity index (χ4v) is 1.51. The molecule has 0 spiro atoms. The van der Waals surface area contributed by atoms with Crippen LogP contribution in [0.5, 0.6) is 5.75 Å². The van der Waals surface area contributed by atoms with E-state index < -0.39 is 0 Å². The number of nitrogens with two attached hydrogens (primary N) is 1. The van der Waals surface area contributed by atoms with Gasteiger partial charge in [0.25, 0.3) is 11.8 Å². The van der Waals surface area contributed by atoms with Gasteiger partial charge in [-0.2, -0.15) is 0 Å². The molecule has 0 saturated heterocycles. The first-order valence-corrected chi connectivity index (χ1v) is 6.14. The predicted molar refractivity (Wildman–Crippen MR) is 70.9 cm³/mol. The van der Waals surface area contributed by atoms with Crippen LogP contribution in [0.2, 0.25) is 0 Å². The summed E-state index contributed by atoms with van der Waals surface area (Å²) in [5.74, 6) is -0.0634. The maximum atomic E-state index is 11.9. The number of anilines is 1. The van der Waals surface area contributed by atoms with Gasteiger partial charge in [0.1, 0.15) is 5.75 Å². The summed E-state index contributed by atoms with van der Waals surface area (Å²) in [4.78, 5) is 23.0. The number of benzene rings is 1. The molecule has 1 fully saturated rings. The third-order valence-corrected chi connectivity index (χ3v) is 2.83.